The SMILES string of the molecule is N#Cc1c(Cl)cccc1OC1CC(N)C1. The summed E-state index contributed by atoms with van der Waals surface area (Å²) in [6.45, 7) is 0. The highest BCUT2D eigenvalue weighted by atomic mass is 35.5. The molecule has 78 valence electrons. The van der Waals surface area contributed by atoms with Gasteiger partial charge in [-0.2, -0.15) is 5.26 Å². The fourth-order valence-corrected chi connectivity index (χ4v) is 1.80. The molecule has 2 rings (SSSR count). The molecular formula is C11H11ClN2O. The molecule has 1 saturated carbocycles. The maximum atomic E-state index is 8.92. The molecule has 0 bridgehead atoms. The molecule has 0 spiro atoms. The first-order valence-corrected chi connectivity index (χ1v) is 5.19. The van der Waals surface area contributed by atoms with Crippen molar-refractivity contribution >= 4 is 11.6 Å². The summed E-state index contributed by atoms with van der Waals surface area (Å²) in [6.07, 6.45) is 1.82. The first kappa shape index (κ1) is 10.3. The van der Waals surface area contributed by atoms with Crippen molar-refractivity contribution in [2.45, 2.75) is 25.0 Å². The monoisotopic (exact) mass is 222 g/mol. The summed E-state index contributed by atoms with van der Waals surface area (Å²) in [7, 11) is 0. The quantitative estimate of drug-likeness (QED) is 0.834. The van der Waals surface area contributed by atoms with Gasteiger partial charge in [0.2, 0.25) is 0 Å². The summed E-state index contributed by atoms with van der Waals surface area (Å²) in [4.78, 5) is 0. The number of halogens is 1. The van der Waals surface area contributed by atoms with Crippen LogP contribution in [0.3, 0.4) is 0 Å². The fraction of sp³-hybridized carbons (Fsp3) is 0.364. The Labute approximate surface area is 93.4 Å². The Kier molecular flexibility index (Phi) is 2.81. The van der Waals surface area contributed by atoms with Crippen molar-refractivity contribution in [3.05, 3.63) is 28.8 Å². The Morgan fingerprint density at radius 3 is 2.80 bits per heavy atom. The third-order valence-electron chi connectivity index (χ3n) is 2.51. The smallest absolute Gasteiger partial charge is 0.139 e. The number of benzene rings is 1. The van der Waals surface area contributed by atoms with Gasteiger partial charge in [0.25, 0.3) is 0 Å². The summed E-state index contributed by atoms with van der Waals surface area (Å²) in [5.41, 5.74) is 6.05. The van der Waals surface area contributed by atoms with Crippen LogP contribution in [-0.4, -0.2) is 12.1 Å². The van der Waals surface area contributed by atoms with Crippen LogP contribution in [0.1, 0.15) is 18.4 Å². The Balaban J connectivity index is 2.15. The summed E-state index contributed by atoms with van der Waals surface area (Å²) < 4.78 is 5.64. The minimum absolute atomic E-state index is 0.130. The Bertz CT molecular complexity index is 408. The molecule has 0 heterocycles. The molecule has 0 atom stereocenters. The van der Waals surface area contributed by atoms with Gasteiger partial charge in [0.1, 0.15) is 23.5 Å². The van der Waals surface area contributed by atoms with Crippen LogP contribution >= 0.6 is 11.6 Å². The first-order valence-electron chi connectivity index (χ1n) is 4.81. The summed E-state index contributed by atoms with van der Waals surface area (Å²) in [5.74, 6) is 0.557. The zero-order chi connectivity index (χ0) is 10.8. The summed E-state index contributed by atoms with van der Waals surface area (Å²) in [6, 6.07) is 7.49. The van der Waals surface area contributed by atoms with Crippen molar-refractivity contribution in [2.24, 2.45) is 5.73 Å². The predicted molar refractivity (Wildman–Crippen MR) is 57.8 cm³/mol. The molecule has 0 unspecified atom stereocenters. The molecule has 15 heavy (non-hydrogen) atoms. The zero-order valence-electron chi connectivity index (χ0n) is 8.11. The van der Waals surface area contributed by atoms with Crippen LogP contribution in [0.25, 0.3) is 0 Å². The lowest BCUT2D eigenvalue weighted by atomic mass is 9.90. The van der Waals surface area contributed by atoms with Crippen molar-refractivity contribution < 1.29 is 4.74 Å². The highest BCUT2D eigenvalue weighted by molar-refractivity contribution is 6.31. The van der Waals surface area contributed by atoms with E-state index in [0.717, 1.165) is 12.8 Å². The second-order valence-corrected chi connectivity index (χ2v) is 4.10. The number of ether oxygens (including phenoxy) is 1. The van der Waals surface area contributed by atoms with Crippen LogP contribution < -0.4 is 10.5 Å². The second-order valence-electron chi connectivity index (χ2n) is 3.70. The normalized spacial score (nSPS) is 24.1. The van der Waals surface area contributed by atoms with E-state index >= 15 is 0 Å². The van der Waals surface area contributed by atoms with Crippen LogP contribution in [-0.2, 0) is 0 Å². The van der Waals surface area contributed by atoms with Gasteiger partial charge in [-0.25, -0.2) is 0 Å². The number of hydrogen-bond acceptors (Lipinski definition) is 3. The van der Waals surface area contributed by atoms with E-state index in [2.05, 4.69) is 0 Å². The van der Waals surface area contributed by atoms with Gasteiger partial charge in [-0.05, 0) is 25.0 Å². The van der Waals surface area contributed by atoms with Gasteiger partial charge in [0, 0.05) is 6.04 Å². The van der Waals surface area contributed by atoms with Crippen molar-refractivity contribution in [1.82, 2.24) is 0 Å². The molecule has 1 aliphatic rings. The van der Waals surface area contributed by atoms with Gasteiger partial charge in [-0.3, -0.25) is 0 Å². The standard InChI is InChI=1S/C11H11ClN2O/c12-10-2-1-3-11(9(10)6-13)15-8-4-7(14)5-8/h1-3,7-8H,4-5,14H2. The van der Waals surface area contributed by atoms with Gasteiger partial charge in [0.15, 0.2) is 0 Å². The number of rotatable bonds is 2. The largest absolute Gasteiger partial charge is 0.489 e. The third-order valence-corrected chi connectivity index (χ3v) is 2.83. The number of nitrogens with two attached hydrogens (primary N) is 1. The average molecular weight is 223 g/mol. The molecule has 2 N–H and O–H groups in total. The summed E-state index contributed by atoms with van der Waals surface area (Å²) >= 11 is 5.88. The van der Waals surface area contributed by atoms with Crippen molar-refractivity contribution in [3.8, 4) is 11.8 Å². The lowest BCUT2D eigenvalue weighted by Crippen LogP contribution is -2.43. The predicted octanol–water partition coefficient (Wildman–Crippen LogP) is 2.08. The second kappa shape index (κ2) is 4.09. The molecule has 0 radical (unpaired) electrons. The van der Waals surface area contributed by atoms with Gasteiger partial charge >= 0.3 is 0 Å². The topological polar surface area (TPSA) is 59.0 Å². The highest BCUT2D eigenvalue weighted by Gasteiger charge is 2.28. The van der Waals surface area contributed by atoms with Gasteiger partial charge in [-0.15, -0.1) is 0 Å². The number of nitriles is 1. The lowest BCUT2D eigenvalue weighted by molar-refractivity contribution is 0.101. The van der Waals surface area contributed by atoms with Crippen molar-refractivity contribution in [3.63, 3.8) is 0 Å². The molecule has 3 nitrogen and oxygen atoms in total. The highest BCUT2D eigenvalue weighted by Crippen LogP contribution is 2.30. The van der Waals surface area contributed by atoms with Crippen molar-refractivity contribution in [2.75, 3.05) is 0 Å². The van der Waals surface area contributed by atoms with E-state index in [1.165, 1.54) is 0 Å². The molecule has 1 aliphatic carbocycles. The molecule has 1 aromatic rings. The van der Waals surface area contributed by atoms with E-state index < -0.39 is 0 Å². The average Bonchev–Trinajstić information content (AvgIpc) is 2.16. The molecule has 4 heteroatoms. The number of hydrogen-bond donors (Lipinski definition) is 1. The van der Waals surface area contributed by atoms with Crippen LogP contribution in [0.5, 0.6) is 5.75 Å². The van der Waals surface area contributed by atoms with E-state index in [9.17, 15) is 0 Å². The third kappa shape index (κ3) is 2.06. The minimum Gasteiger partial charge on any atom is -0.489 e. The van der Waals surface area contributed by atoms with E-state index in [-0.39, 0.29) is 12.1 Å². The van der Waals surface area contributed by atoms with Gasteiger partial charge in [0.05, 0.1) is 5.02 Å². The van der Waals surface area contributed by atoms with E-state index in [4.69, 9.17) is 27.3 Å². The molecule has 0 aliphatic heterocycles. The maximum Gasteiger partial charge on any atom is 0.139 e. The molecule has 0 amide bonds. The molecule has 1 aromatic carbocycles. The van der Waals surface area contributed by atoms with Gasteiger partial charge in [-0.1, -0.05) is 17.7 Å². The fourth-order valence-electron chi connectivity index (χ4n) is 1.59. The van der Waals surface area contributed by atoms with Crippen molar-refractivity contribution in [1.29, 1.82) is 5.26 Å². The molecule has 0 saturated heterocycles. The van der Waals surface area contributed by atoms with E-state index in [1.54, 1.807) is 18.2 Å². The zero-order valence-corrected chi connectivity index (χ0v) is 8.87. The van der Waals surface area contributed by atoms with Crippen LogP contribution in [0, 0.1) is 11.3 Å². The summed E-state index contributed by atoms with van der Waals surface area (Å²) in [5, 5.41) is 9.35. The Morgan fingerprint density at radius 2 is 2.20 bits per heavy atom. The number of nitrogens with zero attached hydrogens (tertiary/aromatic N) is 1. The Hall–Kier alpha value is -1.24. The molecule has 0 aromatic heterocycles. The molecular weight excluding hydrogens is 212 g/mol. The van der Waals surface area contributed by atoms with E-state index in [0.29, 0.717) is 16.3 Å². The van der Waals surface area contributed by atoms with Crippen LogP contribution in [0.2, 0.25) is 5.02 Å². The van der Waals surface area contributed by atoms with Crippen LogP contribution in [0.4, 0.5) is 0 Å². The molecule has 1 fully saturated rings. The minimum atomic E-state index is 0.130. The maximum absolute atomic E-state index is 8.92. The van der Waals surface area contributed by atoms with E-state index in [1.807, 2.05) is 6.07 Å². The lowest BCUT2D eigenvalue weighted by Gasteiger charge is -2.32. The van der Waals surface area contributed by atoms with Crippen LogP contribution in [0.15, 0.2) is 18.2 Å². The van der Waals surface area contributed by atoms with Gasteiger partial charge < -0.3 is 10.5 Å². The first-order chi connectivity index (χ1) is 7.20. The Morgan fingerprint density at radius 1 is 1.47 bits per heavy atom.